The Morgan fingerprint density at radius 3 is 2.84 bits per heavy atom. The minimum absolute atomic E-state index is 0.0164. The lowest BCUT2D eigenvalue weighted by Crippen LogP contribution is -2.50. The lowest BCUT2D eigenvalue weighted by atomic mass is 10.0. The number of fused-ring (bicyclic) bond motifs is 1. The van der Waals surface area contributed by atoms with Crippen molar-refractivity contribution in [2.75, 3.05) is 28.6 Å². The SMILES string of the molecule is O=C1CCc2cc(NC(=O)c3sc(N4CC(O)C4)nc3-c3cccc(F)c3)ccc2N1. The van der Waals surface area contributed by atoms with Crippen LogP contribution in [0.1, 0.15) is 21.7 Å². The maximum absolute atomic E-state index is 13.8. The molecule has 0 atom stereocenters. The number of amides is 2. The number of halogens is 1. The van der Waals surface area contributed by atoms with Gasteiger partial charge in [0.15, 0.2) is 5.13 Å². The molecule has 0 spiro atoms. The molecule has 0 radical (unpaired) electrons. The third kappa shape index (κ3) is 3.89. The Labute approximate surface area is 181 Å². The number of hydrogen-bond donors (Lipinski definition) is 3. The van der Waals surface area contributed by atoms with Crippen LogP contribution in [0.5, 0.6) is 0 Å². The van der Waals surface area contributed by atoms with E-state index in [-0.39, 0.29) is 11.8 Å². The van der Waals surface area contributed by atoms with Crippen LogP contribution in [0.2, 0.25) is 0 Å². The first-order chi connectivity index (χ1) is 15.0. The van der Waals surface area contributed by atoms with E-state index in [2.05, 4.69) is 15.6 Å². The highest BCUT2D eigenvalue weighted by atomic mass is 32.1. The Morgan fingerprint density at radius 1 is 1.23 bits per heavy atom. The Balaban J connectivity index is 1.45. The summed E-state index contributed by atoms with van der Waals surface area (Å²) in [6, 6.07) is 11.3. The van der Waals surface area contributed by atoms with E-state index in [0.717, 1.165) is 11.3 Å². The van der Waals surface area contributed by atoms with Crippen LogP contribution in [-0.4, -0.2) is 41.1 Å². The normalized spacial score (nSPS) is 15.8. The van der Waals surface area contributed by atoms with Crippen LogP contribution in [0.3, 0.4) is 0 Å². The topological polar surface area (TPSA) is 94.6 Å². The molecule has 5 rings (SSSR count). The molecule has 0 aliphatic carbocycles. The fourth-order valence-electron chi connectivity index (χ4n) is 3.69. The zero-order valence-corrected chi connectivity index (χ0v) is 17.2. The lowest BCUT2D eigenvalue weighted by molar-refractivity contribution is -0.116. The van der Waals surface area contributed by atoms with E-state index in [1.165, 1.54) is 23.5 Å². The summed E-state index contributed by atoms with van der Waals surface area (Å²) in [4.78, 5) is 31.5. The summed E-state index contributed by atoms with van der Waals surface area (Å²) < 4.78 is 13.8. The van der Waals surface area contributed by atoms with Gasteiger partial charge in [0, 0.05) is 36.4 Å². The summed E-state index contributed by atoms with van der Waals surface area (Å²) in [5.41, 5.74) is 3.25. The summed E-state index contributed by atoms with van der Waals surface area (Å²) in [5, 5.41) is 15.9. The first-order valence-electron chi connectivity index (χ1n) is 9.90. The van der Waals surface area contributed by atoms with E-state index >= 15 is 0 Å². The van der Waals surface area contributed by atoms with Crippen molar-refractivity contribution < 1.29 is 19.1 Å². The van der Waals surface area contributed by atoms with Gasteiger partial charge in [-0.1, -0.05) is 23.5 Å². The minimum atomic E-state index is -0.408. The van der Waals surface area contributed by atoms with Gasteiger partial charge in [-0.25, -0.2) is 9.37 Å². The van der Waals surface area contributed by atoms with Crippen LogP contribution in [0.25, 0.3) is 11.3 Å². The van der Waals surface area contributed by atoms with Gasteiger partial charge >= 0.3 is 0 Å². The van der Waals surface area contributed by atoms with Crippen LogP contribution >= 0.6 is 11.3 Å². The number of carbonyl (C=O) groups is 2. The standard InChI is InChI=1S/C22H19FN4O3S/c23-14-3-1-2-13(8-14)19-20(31-22(26-19)27-10-16(28)11-27)21(30)24-15-5-6-17-12(9-15)4-7-18(29)25-17/h1-3,5-6,8-9,16,28H,4,7,10-11H2,(H,24,30)(H,25,29). The fraction of sp³-hybridized carbons (Fsp3) is 0.227. The van der Waals surface area contributed by atoms with E-state index in [1.807, 2.05) is 11.0 Å². The number of benzene rings is 2. The summed E-state index contributed by atoms with van der Waals surface area (Å²) in [7, 11) is 0. The molecule has 1 saturated heterocycles. The second kappa shape index (κ2) is 7.75. The average Bonchev–Trinajstić information content (AvgIpc) is 3.17. The Kier molecular flexibility index (Phi) is 4.91. The fourth-order valence-corrected chi connectivity index (χ4v) is 4.69. The third-order valence-electron chi connectivity index (χ3n) is 5.31. The van der Waals surface area contributed by atoms with E-state index < -0.39 is 11.9 Å². The average molecular weight is 438 g/mol. The molecule has 31 heavy (non-hydrogen) atoms. The zero-order valence-electron chi connectivity index (χ0n) is 16.4. The van der Waals surface area contributed by atoms with Crippen molar-refractivity contribution in [1.82, 2.24) is 4.98 Å². The summed E-state index contributed by atoms with van der Waals surface area (Å²) in [6.45, 7) is 0.904. The lowest BCUT2D eigenvalue weighted by Gasteiger charge is -2.35. The summed E-state index contributed by atoms with van der Waals surface area (Å²) in [5.74, 6) is -0.768. The van der Waals surface area contributed by atoms with Crippen LogP contribution in [-0.2, 0) is 11.2 Å². The monoisotopic (exact) mass is 438 g/mol. The maximum Gasteiger partial charge on any atom is 0.268 e. The smallest absolute Gasteiger partial charge is 0.268 e. The predicted octanol–water partition coefficient (Wildman–Crippen LogP) is 3.27. The first kappa shape index (κ1) is 19.7. The number of anilines is 3. The number of aliphatic hydroxyl groups is 1. The molecule has 2 aliphatic heterocycles. The van der Waals surface area contributed by atoms with Gasteiger partial charge in [0.1, 0.15) is 10.7 Å². The molecule has 1 aromatic heterocycles. The first-order valence-corrected chi connectivity index (χ1v) is 10.7. The van der Waals surface area contributed by atoms with Crippen molar-refractivity contribution in [3.8, 4) is 11.3 Å². The largest absolute Gasteiger partial charge is 0.389 e. The van der Waals surface area contributed by atoms with Gasteiger partial charge in [0.25, 0.3) is 5.91 Å². The quantitative estimate of drug-likeness (QED) is 0.581. The van der Waals surface area contributed by atoms with E-state index in [9.17, 15) is 19.1 Å². The molecule has 1 fully saturated rings. The number of aryl methyl sites for hydroxylation is 1. The van der Waals surface area contributed by atoms with Crippen molar-refractivity contribution in [3.05, 3.63) is 58.7 Å². The van der Waals surface area contributed by atoms with Gasteiger partial charge in [-0.3, -0.25) is 9.59 Å². The van der Waals surface area contributed by atoms with Crippen molar-refractivity contribution in [1.29, 1.82) is 0 Å². The molecule has 2 aliphatic rings. The predicted molar refractivity (Wildman–Crippen MR) is 117 cm³/mol. The van der Waals surface area contributed by atoms with Gasteiger partial charge in [-0.05, 0) is 42.3 Å². The molecule has 0 bridgehead atoms. The number of carbonyl (C=O) groups excluding carboxylic acids is 2. The number of thiazole rings is 1. The zero-order chi connectivity index (χ0) is 21.5. The number of β-amino-alcohol motifs (C(OH)–C–C–N with tert-alkyl or cyclic N) is 1. The summed E-state index contributed by atoms with van der Waals surface area (Å²) >= 11 is 1.21. The highest BCUT2D eigenvalue weighted by molar-refractivity contribution is 7.18. The van der Waals surface area contributed by atoms with Gasteiger partial charge < -0.3 is 20.6 Å². The molecule has 7 nitrogen and oxygen atoms in total. The van der Waals surface area contributed by atoms with Crippen molar-refractivity contribution >= 4 is 39.7 Å². The molecule has 3 aromatic rings. The van der Waals surface area contributed by atoms with Gasteiger partial charge in [0.2, 0.25) is 5.91 Å². The summed E-state index contributed by atoms with van der Waals surface area (Å²) in [6.07, 6.45) is 0.616. The highest BCUT2D eigenvalue weighted by Gasteiger charge is 2.30. The van der Waals surface area contributed by atoms with E-state index in [1.54, 1.807) is 24.3 Å². The molecule has 0 saturated carbocycles. The number of aliphatic hydroxyl groups excluding tert-OH is 1. The number of nitrogens with one attached hydrogen (secondary N) is 2. The third-order valence-corrected chi connectivity index (χ3v) is 6.43. The van der Waals surface area contributed by atoms with Crippen molar-refractivity contribution in [3.63, 3.8) is 0 Å². The van der Waals surface area contributed by atoms with Crippen LogP contribution in [0.15, 0.2) is 42.5 Å². The maximum atomic E-state index is 13.8. The van der Waals surface area contributed by atoms with Crippen LogP contribution in [0, 0.1) is 5.82 Å². The number of rotatable bonds is 4. The molecule has 3 heterocycles. The van der Waals surface area contributed by atoms with E-state index in [4.69, 9.17) is 0 Å². The second-order valence-electron chi connectivity index (χ2n) is 7.62. The molecule has 2 amide bonds. The number of aromatic nitrogens is 1. The van der Waals surface area contributed by atoms with Crippen molar-refractivity contribution in [2.45, 2.75) is 18.9 Å². The van der Waals surface area contributed by atoms with Gasteiger partial charge in [0.05, 0.1) is 11.8 Å². The van der Waals surface area contributed by atoms with Gasteiger partial charge in [-0.2, -0.15) is 0 Å². The van der Waals surface area contributed by atoms with Crippen molar-refractivity contribution in [2.24, 2.45) is 0 Å². The Hall–Kier alpha value is -3.30. The van der Waals surface area contributed by atoms with E-state index in [0.29, 0.717) is 52.9 Å². The number of nitrogens with zero attached hydrogens (tertiary/aromatic N) is 2. The highest BCUT2D eigenvalue weighted by Crippen LogP contribution is 2.36. The molecule has 0 unspecified atom stereocenters. The minimum Gasteiger partial charge on any atom is -0.389 e. The molecule has 3 N–H and O–H groups in total. The molecular weight excluding hydrogens is 419 g/mol. The molecule has 9 heteroatoms. The molecule has 158 valence electrons. The van der Waals surface area contributed by atoms with Crippen LogP contribution in [0.4, 0.5) is 20.9 Å². The second-order valence-corrected chi connectivity index (χ2v) is 8.60. The number of hydrogen-bond acceptors (Lipinski definition) is 6. The molecular formula is C22H19FN4O3S. The van der Waals surface area contributed by atoms with Gasteiger partial charge in [-0.15, -0.1) is 0 Å². The Morgan fingerprint density at radius 2 is 2.06 bits per heavy atom. The van der Waals surface area contributed by atoms with Crippen LogP contribution < -0.4 is 15.5 Å². The Bertz CT molecular complexity index is 1190. The molecule has 2 aromatic carbocycles.